The van der Waals surface area contributed by atoms with Gasteiger partial charge in [-0.05, 0) is 47.8 Å². The van der Waals surface area contributed by atoms with E-state index < -0.39 is 0 Å². The third kappa shape index (κ3) is 3.50. The Morgan fingerprint density at radius 3 is 2.34 bits per heavy atom. The van der Waals surface area contributed by atoms with E-state index in [1.165, 1.54) is 0 Å². The van der Waals surface area contributed by atoms with Crippen molar-refractivity contribution in [2.24, 2.45) is 0 Å². The molecule has 1 aliphatic rings. The number of benzene rings is 2. The third-order valence-electron chi connectivity index (χ3n) is 5.32. The zero-order valence-corrected chi connectivity index (χ0v) is 17.7. The lowest BCUT2D eigenvalue weighted by Crippen LogP contribution is -2.29. The van der Waals surface area contributed by atoms with Gasteiger partial charge < -0.3 is 10.3 Å². The first-order chi connectivity index (χ1) is 15.6. The number of hydrogen-bond donors (Lipinski definition) is 2. The van der Waals surface area contributed by atoms with Gasteiger partial charge in [0.15, 0.2) is 0 Å². The van der Waals surface area contributed by atoms with Crippen molar-refractivity contribution in [3.8, 4) is 10.6 Å². The van der Waals surface area contributed by atoms with E-state index in [9.17, 15) is 14.4 Å². The maximum Gasteiger partial charge on any atom is 0.266 e. The summed E-state index contributed by atoms with van der Waals surface area (Å²) in [6.07, 6.45) is 2.27. The molecule has 32 heavy (non-hydrogen) atoms. The molecule has 0 saturated heterocycles. The summed E-state index contributed by atoms with van der Waals surface area (Å²) in [5.74, 6) is -0.941. The molecule has 5 rings (SSSR count). The fourth-order valence-corrected chi connectivity index (χ4v) is 4.47. The van der Waals surface area contributed by atoms with Crippen molar-refractivity contribution in [3.05, 3.63) is 94.8 Å². The smallest absolute Gasteiger partial charge is 0.266 e. The minimum absolute atomic E-state index is 0.226. The first kappa shape index (κ1) is 19.9. The van der Waals surface area contributed by atoms with Gasteiger partial charge in [0.1, 0.15) is 5.69 Å². The first-order valence-corrected chi connectivity index (χ1v) is 10.9. The van der Waals surface area contributed by atoms with E-state index in [2.05, 4.69) is 15.3 Å². The molecule has 0 bridgehead atoms. The predicted octanol–water partition coefficient (Wildman–Crippen LogP) is 3.91. The number of fused-ring (bicyclic) bond motifs is 1. The number of aromatic amines is 1. The highest BCUT2D eigenvalue weighted by Crippen LogP contribution is 2.28. The minimum atomic E-state index is -0.357. The van der Waals surface area contributed by atoms with Gasteiger partial charge >= 0.3 is 0 Å². The second-order valence-electron chi connectivity index (χ2n) is 7.25. The van der Waals surface area contributed by atoms with Crippen molar-refractivity contribution in [2.75, 3.05) is 11.4 Å². The lowest BCUT2D eigenvalue weighted by Gasteiger charge is -2.14. The molecule has 0 fully saturated rings. The monoisotopic (exact) mass is 442 g/mol. The average molecular weight is 443 g/mol. The standard InChI is InChI=1S/C24H18N4O3S/c29-22(25-12-11-19-21(27-14-26-19)20-6-3-13-32-20)15-7-9-16(10-8-15)28-23(30)17-4-1-2-5-18(17)24(28)31/h1-10,13-14H,11-12H2,(H,25,29)(H,26,27). The SMILES string of the molecule is O=C(NCCc1[nH]cnc1-c1cccs1)c1ccc(N2C(=O)c3ccccc3C2=O)cc1. The van der Waals surface area contributed by atoms with E-state index in [4.69, 9.17) is 0 Å². The molecular formula is C24H18N4O3S. The molecule has 8 heteroatoms. The number of nitrogens with zero attached hydrogens (tertiary/aromatic N) is 2. The lowest BCUT2D eigenvalue weighted by atomic mass is 10.1. The summed E-state index contributed by atoms with van der Waals surface area (Å²) in [4.78, 5) is 47.5. The fraction of sp³-hybridized carbons (Fsp3) is 0.0833. The quantitative estimate of drug-likeness (QED) is 0.443. The van der Waals surface area contributed by atoms with Crippen LogP contribution in [0.1, 0.15) is 36.8 Å². The number of carbonyl (C=O) groups is 3. The molecule has 1 aliphatic heterocycles. The van der Waals surface area contributed by atoms with E-state index in [-0.39, 0.29) is 17.7 Å². The van der Waals surface area contributed by atoms with Crippen LogP contribution in [0.15, 0.2) is 72.4 Å². The van der Waals surface area contributed by atoms with Gasteiger partial charge in [0.25, 0.3) is 17.7 Å². The van der Waals surface area contributed by atoms with Crippen molar-refractivity contribution in [1.82, 2.24) is 15.3 Å². The van der Waals surface area contributed by atoms with Crippen molar-refractivity contribution < 1.29 is 14.4 Å². The molecular weight excluding hydrogens is 424 g/mol. The number of rotatable bonds is 6. The zero-order chi connectivity index (χ0) is 22.1. The Kier molecular flexibility index (Phi) is 5.12. The van der Waals surface area contributed by atoms with Gasteiger partial charge in [-0.15, -0.1) is 11.3 Å². The molecule has 2 aromatic heterocycles. The van der Waals surface area contributed by atoms with E-state index in [0.29, 0.717) is 35.3 Å². The summed E-state index contributed by atoms with van der Waals surface area (Å²) in [5.41, 5.74) is 3.53. The van der Waals surface area contributed by atoms with Gasteiger partial charge in [-0.3, -0.25) is 14.4 Å². The number of carbonyl (C=O) groups excluding carboxylic acids is 3. The Morgan fingerprint density at radius 2 is 1.69 bits per heavy atom. The molecule has 4 aromatic rings. The van der Waals surface area contributed by atoms with Gasteiger partial charge in [-0.1, -0.05) is 18.2 Å². The van der Waals surface area contributed by atoms with Crippen molar-refractivity contribution in [2.45, 2.75) is 6.42 Å². The van der Waals surface area contributed by atoms with E-state index in [1.54, 1.807) is 66.2 Å². The van der Waals surface area contributed by atoms with Gasteiger partial charge in [0.05, 0.1) is 28.0 Å². The number of anilines is 1. The Balaban J connectivity index is 1.23. The van der Waals surface area contributed by atoms with E-state index >= 15 is 0 Å². The second kappa shape index (κ2) is 8.24. The molecule has 158 valence electrons. The fourth-order valence-electron chi connectivity index (χ4n) is 3.73. The van der Waals surface area contributed by atoms with Crippen LogP contribution in [0.25, 0.3) is 10.6 Å². The minimum Gasteiger partial charge on any atom is -0.352 e. The van der Waals surface area contributed by atoms with Crippen LogP contribution in [-0.4, -0.2) is 34.2 Å². The summed E-state index contributed by atoms with van der Waals surface area (Å²) in [6, 6.07) is 17.2. The summed E-state index contributed by atoms with van der Waals surface area (Å²) >= 11 is 1.62. The maximum atomic E-state index is 12.6. The number of imidazole rings is 1. The topological polar surface area (TPSA) is 95.2 Å². The molecule has 2 N–H and O–H groups in total. The Labute approximate surface area is 187 Å². The van der Waals surface area contributed by atoms with Crippen LogP contribution in [0.4, 0.5) is 5.69 Å². The van der Waals surface area contributed by atoms with Crippen LogP contribution >= 0.6 is 11.3 Å². The summed E-state index contributed by atoms with van der Waals surface area (Å²) in [6.45, 7) is 0.444. The lowest BCUT2D eigenvalue weighted by molar-refractivity contribution is 0.0923. The Hall–Kier alpha value is -4.04. The number of nitrogens with one attached hydrogen (secondary N) is 2. The Bertz CT molecular complexity index is 1270. The molecule has 7 nitrogen and oxygen atoms in total. The molecule has 0 atom stereocenters. The molecule has 0 spiro atoms. The second-order valence-corrected chi connectivity index (χ2v) is 8.20. The van der Waals surface area contributed by atoms with Crippen LogP contribution in [0.3, 0.4) is 0 Å². The van der Waals surface area contributed by atoms with Gasteiger partial charge in [-0.2, -0.15) is 0 Å². The van der Waals surface area contributed by atoms with Gasteiger partial charge in [0, 0.05) is 24.2 Å². The molecule has 0 aliphatic carbocycles. The van der Waals surface area contributed by atoms with Crippen LogP contribution in [0.5, 0.6) is 0 Å². The highest BCUT2D eigenvalue weighted by atomic mass is 32.1. The van der Waals surface area contributed by atoms with Crippen molar-refractivity contribution in [3.63, 3.8) is 0 Å². The predicted molar refractivity (Wildman–Crippen MR) is 122 cm³/mol. The van der Waals surface area contributed by atoms with Gasteiger partial charge in [-0.25, -0.2) is 9.88 Å². The normalized spacial score (nSPS) is 12.8. The number of imide groups is 1. The van der Waals surface area contributed by atoms with Crippen LogP contribution in [0.2, 0.25) is 0 Å². The first-order valence-electron chi connectivity index (χ1n) is 10.1. The van der Waals surface area contributed by atoms with Crippen LogP contribution in [0, 0.1) is 0 Å². The molecule has 2 aromatic carbocycles. The van der Waals surface area contributed by atoms with Crippen molar-refractivity contribution >= 4 is 34.7 Å². The van der Waals surface area contributed by atoms with Crippen LogP contribution < -0.4 is 10.2 Å². The number of amides is 3. The summed E-state index contributed by atoms with van der Waals surface area (Å²) in [5, 5.41) is 4.90. The maximum absolute atomic E-state index is 12.6. The molecule has 0 saturated carbocycles. The van der Waals surface area contributed by atoms with E-state index in [0.717, 1.165) is 21.2 Å². The Morgan fingerprint density at radius 1 is 0.969 bits per heavy atom. The largest absolute Gasteiger partial charge is 0.352 e. The molecule has 3 heterocycles. The number of hydrogen-bond acceptors (Lipinski definition) is 5. The number of H-pyrrole nitrogens is 1. The highest BCUT2D eigenvalue weighted by molar-refractivity contribution is 7.13. The highest BCUT2D eigenvalue weighted by Gasteiger charge is 2.36. The number of thiophene rings is 1. The molecule has 0 radical (unpaired) electrons. The van der Waals surface area contributed by atoms with Crippen LogP contribution in [-0.2, 0) is 6.42 Å². The van der Waals surface area contributed by atoms with E-state index in [1.807, 2.05) is 17.5 Å². The average Bonchev–Trinajstić information content (AvgIpc) is 3.55. The zero-order valence-electron chi connectivity index (χ0n) is 16.9. The summed E-state index contributed by atoms with van der Waals surface area (Å²) < 4.78 is 0. The van der Waals surface area contributed by atoms with Gasteiger partial charge in [0.2, 0.25) is 0 Å². The number of aromatic nitrogens is 2. The summed E-state index contributed by atoms with van der Waals surface area (Å²) in [7, 11) is 0. The third-order valence-corrected chi connectivity index (χ3v) is 6.19. The molecule has 3 amide bonds. The van der Waals surface area contributed by atoms with Crippen molar-refractivity contribution in [1.29, 1.82) is 0 Å². The molecule has 0 unspecified atom stereocenters.